The van der Waals surface area contributed by atoms with Crippen LogP contribution in [0.1, 0.15) is 39.2 Å². The average Bonchev–Trinajstić information content (AvgIpc) is 2.90. The maximum Gasteiger partial charge on any atom is 0.410 e. The number of hydrogen-bond acceptors (Lipinski definition) is 8. The molecule has 0 spiro atoms. The second-order valence-electron chi connectivity index (χ2n) is 10.1. The molecule has 2 unspecified atom stereocenters. The molecule has 10 heteroatoms. The first-order valence-corrected chi connectivity index (χ1v) is 12.6. The van der Waals surface area contributed by atoms with Crippen LogP contribution in [0.4, 0.5) is 9.59 Å². The van der Waals surface area contributed by atoms with Gasteiger partial charge in [0.2, 0.25) is 5.88 Å². The second kappa shape index (κ2) is 12.0. The minimum absolute atomic E-state index is 0.170. The fourth-order valence-corrected chi connectivity index (χ4v) is 4.22. The summed E-state index contributed by atoms with van der Waals surface area (Å²) < 4.78 is 22.5. The third-order valence-electron chi connectivity index (χ3n) is 6.09. The fourth-order valence-electron chi connectivity index (χ4n) is 4.22. The highest BCUT2D eigenvalue weighted by Crippen LogP contribution is 2.27. The predicted molar refractivity (Wildman–Crippen MR) is 141 cm³/mol. The minimum atomic E-state index is -0.670. The van der Waals surface area contributed by atoms with E-state index in [4.69, 9.17) is 18.9 Å². The molecule has 0 aliphatic carbocycles. The van der Waals surface area contributed by atoms with Gasteiger partial charge in [-0.05, 0) is 57.4 Å². The van der Waals surface area contributed by atoms with Gasteiger partial charge in [0.05, 0.1) is 24.1 Å². The number of nitrogens with one attached hydrogen (secondary N) is 1. The van der Waals surface area contributed by atoms with Gasteiger partial charge < -0.3 is 24.3 Å². The molecule has 2 aromatic carbocycles. The lowest BCUT2D eigenvalue weighted by Gasteiger charge is -2.39. The summed E-state index contributed by atoms with van der Waals surface area (Å²) in [6, 6.07) is 14.4. The molecule has 0 saturated carbocycles. The van der Waals surface area contributed by atoms with Gasteiger partial charge in [0.15, 0.2) is 0 Å². The Kier molecular flexibility index (Phi) is 8.50. The first-order chi connectivity index (χ1) is 18.2. The molecule has 2 heterocycles. The molecule has 38 heavy (non-hydrogen) atoms. The lowest BCUT2D eigenvalue weighted by molar-refractivity contribution is -0.00117. The van der Waals surface area contributed by atoms with Crippen molar-refractivity contribution in [3.8, 4) is 11.6 Å². The van der Waals surface area contributed by atoms with Crippen LogP contribution in [0.5, 0.6) is 11.6 Å². The molecule has 202 valence electrons. The third-order valence-corrected chi connectivity index (χ3v) is 6.09. The van der Waals surface area contributed by atoms with E-state index in [1.165, 1.54) is 6.33 Å². The summed E-state index contributed by atoms with van der Waals surface area (Å²) in [6.45, 7) is 6.09. The van der Waals surface area contributed by atoms with Crippen LogP contribution in [-0.4, -0.2) is 65.0 Å². The van der Waals surface area contributed by atoms with Gasteiger partial charge in [-0.1, -0.05) is 30.3 Å². The van der Waals surface area contributed by atoms with E-state index in [9.17, 15) is 9.59 Å². The zero-order chi connectivity index (χ0) is 27.1. The van der Waals surface area contributed by atoms with Crippen LogP contribution in [0.3, 0.4) is 0 Å². The summed E-state index contributed by atoms with van der Waals surface area (Å²) in [5.74, 6) is 1.07. The highest BCUT2D eigenvalue weighted by Gasteiger charge is 2.35. The number of piperidine rings is 1. The molecule has 1 fully saturated rings. The van der Waals surface area contributed by atoms with Gasteiger partial charge in [-0.25, -0.2) is 19.6 Å². The SMILES string of the molecule is COc1ccc2ncnc(OCC3CCC(NC(=O)OCc4ccccc4)CN3C(=O)OC(C)(C)C)c2c1. The Morgan fingerprint density at radius 1 is 1.08 bits per heavy atom. The third kappa shape index (κ3) is 7.24. The molecule has 1 saturated heterocycles. The smallest absolute Gasteiger partial charge is 0.410 e. The first kappa shape index (κ1) is 27.0. The van der Waals surface area contributed by atoms with E-state index in [-0.39, 0.29) is 31.8 Å². The molecule has 3 aromatic rings. The van der Waals surface area contributed by atoms with Crippen molar-refractivity contribution in [3.05, 3.63) is 60.4 Å². The minimum Gasteiger partial charge on any atom is -0.497 e. The first-order valence-electron chi connectivity index (χ1n) is 12.6. The number of carbonyl (C=O) groups is 2. The van der Waals surface area contributed by atoms with Crippen molar-refractivity contribution < 1.29 is 28.5 Å². The van der Waals surface area contributed by atoms with E-state index in [1.807, 2.05) is 69.3 Å². The van der Waals surface area contributed by atoms with Gasteiger partial charge >= 0.3 is 12.2 Å². The van der Waals surface area contributed by atoms with Gasteiger partial charge in [-0.15, -0.1) is 0 Å². The van der Waals surface area contributed by atoms with E-state index in [1.54, 1.807) is 12.0 Å². The van der Waals surface area contributed by atoms with Crippen molar-refractivity contribution in [1.29, 1.82) is 0 Å². The van der Waals surface area contributed by atoms with Crippen LogP contribution >= 0.6 is 0 Å². The summed E-state index contributed by atoms with van der Waals surface area (Å²) in [6.07, 6.45) is 1.68. The molecule has 2 atom stereocenters. The largest absolute Gasteiger partial charge is 0.497 e. The topological polar surface area (TPSA) is 112 Å². The Hall–Kier alpha value is -4.08. The number of carbonyl (C=O) groups excluding carboxylic acids is 2. The Bertz CT molecular complexity index is 1250. The van der Waals surface area contributed by atoms with E-state index in [2.05, 4.69) is 15.3 Å². The quantitative estimate of drug-likeness (QED) is 0.475. The van der Waals surface area contributed by atoms with Crippen LogP contribution in [0, 0.1) is 0 Å². The number of methoxy groups -OCH3 is 1. The number of likely N-dealkylation sites (tertiary alicyclic amines) is 1. The van der Waals surface area contributed by atoms with Gasteiger partial charge in [-0.3, -0.25) is 4.90 Å². The molecule has 1 aromatic heterocycles. The molecule has 1 aliphatic rings. The Labute approximate surface area is 222 Å². The normalized spacial score (nSPS) is 17.5. The van der Waals surface area contributed by atoms with E-state index >= 15 is 0 Å². The number of ether oxygens (including phenoxy) is 4. The monoisotopic (exact) mass is 522 g/mol. The average molecular weight is 523 g/mol. The summed E-state index contributed by atoms with van der Waals surface area (Å²) in [5.41, 5.74) is 0.951. The van der Waals surface area contributed by atoms with Gasteiger partial charge in [0.1, 0.15) is 30.9 Å². The van der Waals surface area contributed by atoms with Crippen molar-refractivity contribution in [2.75, 3.05) is 20.3 Å². The lowest BCUT2D eigenvalue weighted by atomic mass is 9.99. The molecule has 2 amide bonds. The molecule has 1 N–H and O–H groups in total. The zero-order valence-corrected chi connectivity index (χ0v) is 22.2. The number of alkyl carbamates (subject to hydrolysis) is 1. The fraction of sp³-hybridized carbons (Fsp3) is 0.429. The highest BCUT2D eigenvalue weighted by atomic mass is 16.6. The van der Waals surface area contributed by atoms with Crippen molar-refractivity contribution in [2.24, 2.45) is 0 Å². The molecule has 0 bridgehead atoms. The van der Waals surface area contributed by atoms with Crippen LogP contribution < -0.4 is 14.8 Å². The molecule has 0 radical (unpaired) electrons. The highest BCUT2D eigenvalue weighted by molar-refractivity contribution is 5.84. The summed E-state index contributed by atoms with van der Waals surface area (Å²) in [4.78, 5) is 35.8. The maximum atomic E-state index is 13.1. The number of nitrogens with zero attached hydrogens (tertiary/aromatic N) is 3. The van der Waals surface area contributed by atoms with Gasteiger partial charge in [0, 0.05) is 12.6 Å². The Morgan fingerprint density at radius 3 is 2.61 bits per heavy atom. The number of rotatable bonds is 7. The van der Waals surface area contributed by atoms with Crippen LogP contribution in [0.2, 0.25) is 0 Å². The number of fused-ring (bicyclic) bond motifs is 1. The number of hydrogen-bond donors (Lipinski definition) is 1. The van der Waals surface area contributed by atoms with E-state index < -0.39 is 17.8 Å². The van der Waals surface area contributed by atoms with Gasteiger partial charge in [0.25, 0.3) is 0 Å². The maximum absolute atomic E-state index is 13.1. The van der Waals surface area contributed by atoms with E-state index in [0.29, 0.717) is 29.9 Å². The van der Waals surface area contributed by atoms with Gasteiger partial charge in [-0.2, -0.15) is 0 Å². The summed E-state index contributed by atoms with van der Waals surface area (Å²) in [5, 5.41) is 3.60. The Balaban J connectivity index is 1.42. The van der Waals surface area contributed by atoms with Crippen LogP contribution in [0.15, 0.2) is 54.9 Å². The molecular formula is C28H34N4O6. The standard InChI is InChI=1S/C28H34N4O6/c1-28(2,3)38-27(34)32-15-20(31-26(33)37-16-19-8-6-5-7-9-19)10-11-21(32)17-36-25-23-14-22(35-4)12-13-24(23)29-18-30-25/h5-9,12-14,18,20-21H,10-11,15-17H2,1-4H3,(H,31,33). The molecule has 10 nitrogen and oxygen atoms in total. The number of aromatic nitrogens is 2. The van der Waals surface area contributed by atoms with Crippen molar-refractivity contribution in [3.63, 3.8) is 0 Å². The Morgan fingerprint density at radius 2 is 1.87 bits per heavy atom. The summed E-state index contributed by atoms with van der Waals surface area (Å²) >= 11 is 0. The second-order valence-corrected chi connectivity index (χ2v) is 10.1. The predicted octanol–water partition coefficient (Wildman–Crippen LogP) is 4.71. The number of amides is 2. The van der Waals surface area contributed by atoms with Crippen molar-refractivity contribution in [2.45, 2.75) is 57.9 Å². The van der Waals surface area contributed by atoms with Crippen molar-refractivity contribution >= 4 is 23.1 Å². The van der Waals surface area contributed by atoms with Crippen LogP contribution in [0.25, 0.3) is 10.9 Å². The lowest BCUT2D eigenvalue weighted by Crippen LogP contribution is -2.56. The number of benzene rings is 2. The van der Waals surface area contributed by atoms with E-state index in [0.717, 1.165) is 11.1 Å². The molecule has 1 aliphatic heterocycles. The van der Waals surface area contributed by atoms with Crippen LogP contribution in [-0.2, 0) is 16.1 Å². The molecular weight excluding hydrogens is 488 g/mol. The molecule has 4 rings (SSSR count). The van der Waals surface area contributed by atoms with Crippen molar-refractivity contribution in [1.82, 2.24) is 20.2 Å². The summed E-state index contributed by atoms with van der Waals surface area (Å²) in [7, 11) is 1.59. The zero-order valence-electron chi connectivity index (χ0n) is 22.2.